The van der Waals surface area contributed by atoms with Gasteiger partial charge >= 0.3 is 0 Å². The lowest BCUT2D eigenvalue weighted by Gasteiger charge is -2.32. The summed E-state index contributed by atoms with van der Waals surface area (Å²) in [5, 5.41) is 2.13. The first-order valence-electron chi connectivity index (χ1n) is 7.65. The average Bonchev–Trinajstić information content (AvgIpc) is 3.16. The Morgan fingerprint density at radius 2 is 2.19 bits per heavy atom. The topological polar surface area (TPSA) is 41.7 Å². The number of thiophene rings is 1. The minimum Gasteiger partial charge on any atom is -0.379 e. The van der Waals surface area contributed by atoms with Gasteiger partial charge in [-0.05, 0) is 12.5 Å². The van der Waals surface area contributed by atoms with Gasteiger partial charge in [0.2, 0.25) is 0 Å². The number of morpholine rings is 1. The lowest BCUT2D eigenvalue weighted by atomic mass is 10.2. The van der Waals surface area contributed by atoms with Crippen molar-refractivity contribution in [2.45, 2.75) is 19.0 Å². The monoisotopic (exact) mass is 305 g/mol. The Morgan fingerprint density at radius 1 is 1.33 bits per heavy atom. The summed E-state index contributed by atoms with van der Waals surface area (Å²) in [6.07, 6.45) is 1.28. The first kappa shape index (κ1) is 15.0. The molecule has 3 heterocycles. The Kier molecular flexibility index (Phi) is 5.28. The second kappa shape index (κ2) is 7.39. The Morgan fingerprint density at radius 3 is 3.00 bits per heavy atom. The predicted octanol–water partition coefficient (Wildman–Crippen LogP) is 0.965. The molecular formula is C16H23N3OS. The van der Waals surface area contributed by atoms with E-state index in [9.17, 15) is 0 Å². The van der Waals surface area contributed by atoms with Gasteiger partial charge in [0.25, 0.3) is 0 Å². The fraction of sp³-hybridized carbons (Fsp3) is 0.625. The number of likely N-dealkylation sites (tertiary alicyclic amines) is 1. The van der Waals surface area contributed by atoms with Crippen molar-refractivity contribution >= 4 is 11.3 Å². The molecule has 2 aliphatic heterocycles. The van der Waals surface area contributed by atoms with E-state index in [0.29, 0.717) is 12.6 Å². The van der Waals surface area contributed by atoms with Gasteiger partial charge in [-0.25, -0.2) is 0 Å². The van der Waals surface area contributed by atoms with E-state index in [2.05, 4.69) is 33.1 Å². The number of ether oxygens (including phenoxy) is 1. The number of hydrogen-bond acceptors (Lipinski definition) is 5. The fourth-order valence-electron chi connectivity index (χ4n) is 3.10. The second-order valence-corrected chi connectivity index (χ2v) is 6.63. The SMILES string of the molecule is NCC#Cc1csc(CN2CCC(N3CCOCC3)C2)c1. The van der Waals surface area contributed by atoms with Gasteiger partial charge in [-0.2, -0.15) is 0 Å². The van der Waals surface area contributed by atoms with Crippen molar-refractivity contribution < 1.29 is 4.74 Å². The van der Waals surface area contributed by atoms with Crippen molar-refractivity contribution in [3.63, 3.8) is 0 Å². The van der Waals surface area contributed by atoms with Crippen LogP contribution in [0.25, 0.3) is 0 Å². The Labute approximate surface area is 130 Å². The molecule has 0 bridgehead atoms. The molecule has 1 aromatic heterocycles. The quantitative estimate of drug-likeness (QED) is 0.845. The third-order valence-electron chi connectivity index (χ3n) is 4.18. The van der Waals surface area contributed by atoms with Crippen LogP contribution in [0.15, 0.2) is 11.4 Å². The van der Waals surface area contributed by atoms with Crippen LogP contribution < -0.4 is 5.73 Å². The molecular weight excluding hydrogens is 282 g/mol. The molecule has 1 aromatic rings. The first-order chi connectivity index (χ1) is 10.3. The van der Waals surface area contributed by atoms with Crippen molar-refractivity contribution in [2.75, 3.05) is 45.9 Å². The molecule has 0 spiro atoms. The number of rotatable bonds is 3. The van der Waals surface area contributed by atoms with Gasteiger partial charge < -0.3 is 10.5 Å². The summed E-state index contributed by atoms with van der Waals surface area (Å²) in [5.41, 5.74) is 6.51. The van der Waals surface area contributed by atoms with Gasteiger partial charge in [0.1, 0.15) is 0 Å². The van der Waals surface area contributed by atoms with Crippen LogP contribution in [-0.4, -0.2) is 61.8 Å². The molecule has 1 atom stereocenters. The zero-order chi connectivity index (χ0) is 14.5. The van der Waals surface area contributed by atoms with Gasteiger partial charge in [0, 0.05) is 54.6 Å². The zero-order valence-corrected chi connectivity index (χ0v) is 13.2. The largest absolute Gasteiger partial charge is 0.379 e. The highest BCUT2D eigenvalue weighted by Gasteiger charge is 2.28. The predicted molar refractivity (Wildman–Crippen MR) is 86.3 cm³/mol. The van der Waals surface area contributed by atoms with Crippen molar-refractivity contribution in [3.8, 4) is 11.8 Å². The standard InChI is InChI=1S/C16H23N3OS/c17-4-1-2-14-10-16(21-13-14)12-18-5-3-15(11-18)19-6-8-20-9-7-19/h10,13,15H,3-9,11-12,17H2. The molecule has 0 amide bonds. The highest BCUT2D eigenvalue weighted by atomic mass is 32.1. The maximum absolute atomic E-state index is 5.44. The molecule has 21 heavy (non-hydrogen) atoms. The molecule has 4 nitrogen and oxygen atoms in total. The molecule has 114 valence electrons. The molecule has 3 rings (SSSR count). The average molecular weight is 305 g/mol. The van der Waals surface area contributed by atoms with Gasteiger partial charge in [-0.3, -0.25) is 9.80 Å². The number of nitrogens with zero attached hydrogens (tertiary/aromatic N) is 2. The van der Waals surface area contributed by atoms with Gasteiger partial charge in [0.15, 0.2) is 0 Å². The van der Waals surface area contributed by atoms with Crippen LogP contribution in [0.2, 0.25) is 0 Å². The van der Waals surface area contributed by atoms with Crippen molar-refractivity contribution in [1.82, 2.24) is 9.80 Å². The van der Waals surface area contributed by atoms with Crippen molar-refractivity contribution in [1.29, 1.82) is 0 Å². The summed E-state index contributed by atoms with van der Waals surface area (Å²) in [6.45, 7) is 7.83. The third kappa shape index (κ3) is 4.06. The normalized spacial score (nSPS) is 24.0. The smallest absolute Gasteiger partial charge is 0.0594 e. The Hall–Kier alpha value is -0.900. The molecule has 2 fully saturated rings. The fourth-order valence-corrected chi connectivity index (χ4v) is 3.96. The number of hydrogen-bond donors (Lipinski definition) is 1. The molecule has 0 aliphatic carbocycles. The van der Waals surface area contributed by atoms with E-state index in [-0.39, 0.29) is 0 Å². The summed E-state index contributed by atoms with van der Waals surface area (Å²) in [6, 6.07) is 2.92. The molecule has 1 unspecified atom stereocenters. The number of nitrogens with two attached hydrogens (primary N) is 1. The van der Waals surface area contributed by atoms with Crippen molar-refractivity contribution in [3.05, 3.63) is 21.9 Å². The van der Waals surface area contributed by atoms with Crippen LogP contribution in [-0.2, 0) is 11.3 Å². The van der Waals surface area contributed by atoms with E-state index < -0.39 is 0 Å². The summed E-state index contributed by atoms with van der Waals surface area (Å²) in [4.78, 5) is 6.56. The molecule has 0 radical (unpaired) electrons. The summed E-state index contributed by atoms with van der Waals surface area (Å²) < 4.78 is 5.44. The van der Waals surface area contributed by atoms with E-state index >= 15 is 0 Å². The minimum atomic E-state index is 0.429. The van der Waals surface area contributed by atoms with Gasteiger partial charge in [-0.1, -0.05) is 11.8 Å². The van der Waals surface area contributed by atoms with Crippen LogP contribution in [0, 0.1) is 11.8 Å². The summed E-state index contributed by atoms with van der Waals surface area (Å²) >= 11 is 1.81. The van der Waals surface area contributed by atoms with E-state index in [1.54, 1.807) is 11.3 Å². The lowest BCUT2D eigenvalue weighted by molar-refractivity contribution is 0.0184. The Bertz CT molecular complexity index is 513. The van der Waals surface area contributed by atoms with E-state index in [1.165, 1.54) is 24.4 Å². The van der Waals surface area contributed by atoms with E-state index in [1.807, 2.05) is 0 Å². The molecule has 2 aliphatic rings. The van der Waals surface area contributed by atoms with Crippen LogP contribution in [0.1, 0.15) is 16.9 Å². The van der Waals surface area contributed by atoms with Gasteiger partial charge in [-0.15, -0.1) is 11.3 Å². The zero-order valence-electron chi connectivity index (χ0n) is 12.4. The van der Waals surface area contributed by atoms with Crippen LogP contribution in [0.3, 0.4) is 0 Å². The first-order valence-corrected chi connectivity index (χ1v) is 8.53. The van der Waals surface area contributed by atoms with E-state index in [4.69, 9.17) is 10.5 Å². The summed E-state index contributed by atoms with van der Waals surface area (Å²) in [5.74, 6) is 6.02. The highest BCUT2D eigenvalue weighted by Crippen LogP contribution is 2.22. The molecule has 0 aromatic carbocycles. The lowest BCUT2D eigenvalue weighted by Crippen LogP contribution is -2.44. The Balaban J connectivity index is 1.51. The highest BCUT2D eigenvalue weighted by molar-refractivity contribution is 7.10. The van der Waals surface area contributed by atoms with Crippen LogP contribution in [0.4, 0.5) is 0 Å². The van der Waals surface area contributed by atoms with Crippen molar-refractivity contribution in [2.24, 2.45) is 5.73 Å². The third-order valence-corrected chi connectivity index (χ3v) is 5.10. The van der Waals surface area contributed by atoms with Crippen LogP contribution >= 0.6 is 11.3 Å². The van der Waals surface area contributed by atoms with Gasteiger partial charge in [0.05, 0.1) is 19.8 Å². The molecule has 0 saturated carbocycles. The maximum Gasteiger partial charge on any atom is 0.0594 e. The second-order valence-electron chi connectivity index (χ2n) is 5.63. The summed E-state index contributed by atoms with van der Waals surface area (Å²) in [7, 11) is 0. The minimum absolute atomic E-state index is 0.429. The molecule has 5 heteroatoms. The molecule has 2 N–H and O–H groups in total. The molecule has 2 saturated heterocycles. The van der Waals surface area contributed by atoms with E-state index in [0.717, 1.165) is 38.4 Å². The maximum atomic E-state index is 5.44. The van der Waals surface area contributed by atoms with Crippen LogP contribution in [0.5, 0.6) is 0 Å².